The zero-order valence-corrected chi connectivity index (χ0v) is 20.6. The lowest BCUT2D eigenvalue weighted by Gasteiger charge is -2.38. The first-order valence-electron chi connectivity index (χ1n) is 11.1. The molecule has 0 bridgehead atoms. The number of nitrogens with two attached hydrogens (primary N) is 1. The Balaban J connectivity index is 1.68. The highest BCUT2D eigenvalue weighted by atomic mass is 35.5. The molecule has 0 atom stereocenters. The lowest BCUT2D eigenvalue weighted by molar-refractivity contribution is -0.115. The molecule has 1 aliphatic carbocycles. The van der Waals surface area contributed by atoms with Crippen molar-refractivity contribution < 1.29 is 19.4 Å². The lowest BCUT2D eigenvalue weighted by Crippen LogP contribution is -2.45. The number of allylic oxidation sites excluding steroid dienone is 2. The Labute approximate surface area is 213 Å². The minimum Gasteiger partial charge on any atom is -0.478 e. The first-order chi connectivity index (χ1) is 16.7. The normalized spacial score (nSPS) is 16.1. The third-order valence-electron chi connectivity index (χ3n) is 5.79. The summed E-state index contributed by atoms with van der Waals surface area (Å²) in [5.74, 6) is -1.36. The van der Waals surface area contributed by atoms with Gasteiger partial charge in [0, 0.05) is 31.4 Å². The van der Waals surface area contributed by atoms with Gasteiger partial charge >= 0.3 is 5.97 Å². The highest BCUT2D eigenvalue weighted by Gasteiger charge is 2.36. The summed E-state index contributed by atoms with van der Waals surface area (Å²) in [5.41, 5.74) is 8.31. The highest BCUT2D eigenvalue weighted by Crippen LogP contribution is 2.41. The minimum atomic E-state index is -1.22. The number of carboxylic acids is 1. The van der Waals surface area contributed by atoms with E-state index < -0.39 is 5.97 Å². The van der Waals surface area contributed by atoms with E-state index in [4.69, 9.17) is 33.7 Å². The van der Waals surface area contributed by atoms with Crippen LogP contribution in [0.15, 0.2) is 72.2 Å². The molecule has 182 valence electrons. The van der Waals surface area contributed by atoms with Crippen LogP contribution < -0.4 is 20.3 Å². The molecular weight excluding hydrogens is 489 g/mol. The zero-order chi connectivity index (χ0) is 25.3. The summed E-state index contributed by atoms with van der Waals surface area (Å²) in [6.45, 7) is 6.83. The van der Waals surface area contributed by atoms with E-state index in [0.29, 0.717) is 24.7 Å². The second-order valence-electron chi connectivity index (χ2n) is 8.48. The lowest BCUT2D eigenvalue weighted by atomic mass is 10.1. The molecule has 9 heteroatoms. The van der Waals surface area contributed by atoms with Gasteiger partial charge in [-0.1, -0.05) is 47.5 Å². The molecule has 0 radical (unpaired) electrons. The number of ether oxygens (including phenoxy) is 1. The molecule has 4 rings (SSSR count). The van der Waals surface area contributed by atoms with Crippen LogP contribution in [0, 0.1) is 0 Å². The molecule has 35 heavy (non-hydrogen) atoms. The minimum absolute atomic E-state index is 0.0200. The van der Waals surface area contributed by atoms with Crippen molar-refractivity contribution >= 4 is 46.5 Å². The Morgan fingerprint density at radius 2 is 1.83 bits per heavy atom. The summed E-state index contributed by atoms with van der Waals surface area (Å²) >= 11 is 12.4. The number of carbonyl (C=O) groups is 2. The SMILES string of the molecule is C=C(C)/C=C(Oc1cc(Cl)c(C(=O)O)cc1Cl)\C(=C/N)C(=O)N1CCN(C2CC2)c2ccccc21. The number of aromatic carboxylic acids is 1. The molecule has 0 spiro atoms. The predicted octanol–water partition coefficient (Wildman–Crippen LogP) is 5.39. The Kier molecular flexibility index (Phi) is 7.10. The van der Waals surface area contributed by atoms with Crippen LogP contribution in [0.25, 0.3) is 0 Å². The van der Waals surface area contributed by atoms with Gasteiger partial charge in [-0.2, -0.15) is 0 Å². The Hall–Kier alpha value is -3.42. The summed E-state index contributed by atoms with van der Waals surface area (Å²) in [5, 5.41) is 9.24. The zero-order valence-electron chi connectivity index (χ0n) is 19.1. The van der Waals surface area contributed by atoms with E-state index in [1.54, 1.807) is 17.9 Å². The molecule has 1 fully saturated rings. The number of hydrogen-bond acceptors (Lipinski definition) is 5. The third kappa shape index (κ3) is 5.16. The largest absolute Gasteiger partial charge is 0.478 e. The Morgan fingerprint density at radius 3 is 2.43 bits per heavy atom. The van der Waals surface area contributed by atoms with Gasteiger partial charge in [0.25, 0.3) is 5.91 Å². The average Bonchev–Trinajstić information content (AvgIpc) is 3.65. The number of amides is 1. The number of fused-ring (bicyclic) bond motifs is 1. The molecule has 1 heterocycles. The number of carboxylic acid groups (broad SMARTS) is 1. The fourth-order valence-electron chi connectivity index (χ4n) is 4.04. The van der Waals surface area contributed by atoms with Crippen molar-refractivity contribution in [3.63, 3.8) is 0 Å². The molecule has 3 N–H and O–H groups in total. The maximum atomic E-state index is 13.8. The molecule has 2 aliphatic rings. The molecule has 7 nitrogen and oxygen atoms in total. The van der Waals surface area contributed by atoms with E-state index in [1.807, 2.05) is 24.3 Å². The van der Waals surface area contributed by atoms with Crippen LogP contribution in [0.1, 0.15) is 30.1 Å². The third-order valence-corrected chi connectivity index (χ3v) is 6.40. The van der Waals surface area contributed by atoms with E-state index in [1.165, 1.54) is 18.3 Å². The van der Waals surface area contributed by atoms with Crippen LogP contribution in [-0.4, -0.2) is 36.1 Å². The van der Waals surface area contributed by atoms with E-state index >= 15 is 0 Å². The fourth-order valence-corrected chi connectivity index (χ4v) is 4.48. The van der Waals surface area contributed by atoms with Crippen molar-refractivity contribution in [1.82, 2.24) is 0 Å². The van der Waals surface area contributed by atoms with Crippen molar-refractivity contribution in [2.45, 2.75) is 25.8 Å². The molecule has 2 aromatic carbocycles. The summed E-state index contributed by atoms with van der Waals surface area (Å²) in [7, 11) is 0. The van der Waals surface area contributed by atoms with Gasteiger partial charge in [-0.3, -0.25) is 4.79 Å². The van der Waals surface area contributed by atoms with Gasteiger partial charge in [-0.15, -0.1) is 0 Å². The molecule has 0 aromatic heterocycles. The monoisotopic (exact) mass is 513 g/mol. The van der Waals surface area contributed by atoms with Gasteiger partial charge in [0.1, 0.15) is 11.5 Å². The molecule has 0 unspecified atom stereocenters. The highest BCUT2D eigenvalue weighted by molar-refractivity contribution is 6.36. The molecule has 1 amide bonds. The second-order valence-corrected chi connectivity index (χ2v) is 9.29. The van der Waals surface area contributed by atoms with Gasteiger partial charge in [-0.05, 0) is 44.0 Å². The second kappa shape index (κ2) is 10.1. The van der Waals surface area contributed by atoms with Gasteiger partial charge in [-0.25, -0.2) is 4.79 Å². The quantitative estimate of drug-likeness (QED) is 0.292. The maximum absolute atomic E-state index is 13.8. The standard InChI is InChI=1S/C26H25Cl2N3O4/c1-15(2)11-23(35-24-13-19(27)17(26(33)34)12-20(24)28)18(14-29)25(32)31-10-9-30(16-7-8-16)21-5-3-4-6-22(21)31/h3-6,11-14,16H,1,7-10,29H2,2H3,(H,33,34)/b18-14+,23-11+. The number of anilines is 2. The maximum Gasteiger partial charge on any atom is 0.337 e. The molecular formula is C26H25Cl2N3O4. The number of carbonyl (C=O) groups excluding carboxylic acids is 1. The van der Waals surface area contributed by atoms with Gasteiger partial charge in [0.15, 0.2) is 0 Å². The molecule has 1 saturated carbocycles. The van der Waals surface area contributed by atoms with E-state index in [0.717, 1.165) is 24.2 Å². The summed E-state index contributed by atoms with van der Waals surface area (Å²) < 4.78 is 5.98. The van der Waals surface area contributed by atoms with Crippen LogP contribution in [-0.2, 0) is 4.79 Å². The summed E-state index contributed by atoms with van der Waals surface area (Å²) in [6, 6.07) is 10.8. The first kappa shape index (κ1) is 24.7. The van der Waals surface area contributed by atoms with Crippen molar-refractivity contribution in [2.75, 3.05) is 22.9 Å². The molecule has 2 aromatic rings. The predicted molar refractivity (Wildman–Crippen MR) is 138 cm³/mol. The molecule has 1 aliphatic heterocycles. The van der Waals surface area contributed by atoms with E-state index in [2.05, 4.69) is 11.5 Å². The van der Waals surface area contributed by atoms with Crippen LogP contribution in [0.5, 0.6) is 5.75 Å². The van der Waals surface area contributed by atoms with Gasteiger partial charge in [0.2, 0.25) is 0 Å². The molecule has 0 saturated heterocycles. The number of para-hydroxylation sites is 2. The Morgan fingerprint density at radius 1 is 1.14 bits per heavy atom. The van der Waals surface area contributed by atoms with E-state index in [-0.39, 0.29) is 38.6 Å². The fraction of sp³-hybridized carbons (Fsp3) is 0.231. The summed E-state index contributed by atoms with van der Waals surface area (Å²) in [6.07, 6.45) is 5.06. The van der Waals surface area contributed by atoms with Gasteiger partial charge < -0.3 is 25.4 Å². The number of nitrogens with zero attached hydrogens (tertiary/aromatic N) is 2. The van der Waals surface area contributed by atoms with Crippen LogP contribution in [0.4, 0.5) is 11.4 Å². The topological polar surface area (TPSA) is 96.1 Å². The van der Waals surface area contributed by atoms with Crippen molar-refractivity contribution in [1.29, 1.82) is 0 Å². The van der Waals surface area contributed by atoms with Gasteiger partial charge in [0.05, 0.1) is 32.6 Å². The number of halogens is 2. The Bertz CT molecular complexity index is 1270. The van der Waals surface area contributed by atoms with Crippen molar-refractivity contribution in [2.24, 2.45) is 5.73 Å². The smallest absolute Gasteiger partial charge is 0.337 e. The number of rotatable bonds is 7. The van der Waals surface area contributed by atoms with Crippen molar-refractivity contribution in [3.8, 4) is 5.75 Å². The number of benzene rings is 2. The first-order valence-corrected chi connectivity index (χ1v) is 11.8. The number of hydrogen-bond donors (Lipinski definition) is 2. The van der Waals surface area contributed by atoms with Crippen molar-refractivity contribution in [3.05, 3.63) is 87.8 Å². The average molecular weight is 514 g/mol. The van der Waals surface area contributed by atoms with Crippen LogP contribution in [0.3, 0.4) is 0 Å². The van der Waals surface area contributed by atoms with E-state index in [9.17, 15) is 14.7 Å². The van der Waals surface area contributed by atoms with Crippen LogP contribution in [0.2, 0.25) is 10.0 Å². The van der Waals surface area contributed by atoms with Crippen LogP contribution >= 0.6 is 23.2 Å². The summed E-state index contributed by atoms with van der Waals surface area (Å²) in [4.78, 5) is 29.2.